The summed E-state index contributed by atoms with van der Waals surface area (Å²) < 4.78 is 0. The highest BCUT2D eigenvalue weighted by atomic mass is 16.1. The predicted octanol–water partition coefficient (Wildman–Crippen LogP) is 2.41. The summed E-state index contributed by atoms with van der Waals surface area (Å²) in [6.07, 6.45) is 3.55. The molecule has 0 spiro atoms. The first-order valence-corrected chi connectivity index (χ1v) is 9.92. The molecule has 4 heterocycles. The van der Waals surface area contributed by atoms with E-state index in [1.165, 1.54) is 0 Å². The van der Waals surface area contributed by atoms with Gasteiger partial charge < -0.3 is 9.80 Å². The second kappa shape index (κ2) is 7.55. The fourth-order valence-electron chi connectivity index (χ4n) is 3.92. The molecule has 1 N–H and O–H groups in total. The second-order valence-electron chi connectivity index (χ2n) is 7.29. The first kappa shape index (κ1) is 18.2. The lowest BCUT2D eigenvalue weighted by atomic mass is 10.1. The third kappa shape index (κ3) is 3.36. The van der Waals surface area contributed by atoms with Crippen LogP contribution in [0.25, 0.3) is 22.2 Å². The summed E-state index contributed by atoms with van der Waals surface area (Å²) in [5, 5.41) is 7.91. The molecule has 1 fully saturated rings. The van der Waals surface area contributed by atoms with Crippen LogP contribution in [0.3, 0.4) is 0 Å². The van der Waals surface area contributed by atoms with Crippen molar-refractivity contribution in [2.45, 2.75) is 6.92 Å². The van der Waals surface area contributed by atoms with E-state index in [-0.39, 0.29) is 5.56 Å². The quantitative estimate of drug-likeness (QED) is 0.566. The van der Waals surface area contributed by atoms with E-state index in [9.17, 15) is 4.79 Å². The molecule has 3 aromatic heterocycles. The van der Waals surface area contributed by atoms with Crippen molar-refractivity contribution in [3.8, 4) is 11.3 Å². The fourth-order valence-corrected chi connectivity index (χ4v) is 3.92. The zero-order valence-electron chi connectivity index (χ0n) is 16.6. The molecule has 8 heteroatoms. The molecule has 30 heavy (non-hydrogen) atoms. The van der Waals surface area contributed by atoms with Gasteiger partial charge in [0.15, 0.2) is 0 Å². The smallest absolute Gasteiger partial charge is 0.266 e. The van der Waals surface area contributed by atoms with Crippen molar-refractivity contribution in [1.29, 1.82) is 0 Å². The minimum absolute atomic E-state index is 0.197. The van der Waals surface area contributed by atoms with Crippen LogP contribution in [-0.4, -0.2) is 51.3 Å². The molecular weight excluding hydrogens is 378 g/mol. The summed E-state index contributed by atoms with van der Waals surface area (Å²) in [5.74, 6) is 1.67. The van der Waals surface area contributed by atoms with Crippen LogP contribution >= 0.6 is 0 Å². The van der Waals surface area contributed by atoms with Crippen LogP contribution in [-0.2, 0) is 0 Å². The minimum Gasteiger partial charge on any atom is -0.366 e. The number of aromatic amines is 1. The van der Waals surface area contributed by atoms with E-state index in [0.29, 0.717) is 0 Å². The Morgan fingerprint density at radius 2 is 1.73 bits per heavy atom. The highest BCUT2D eigenvalue weighted by molar-refractivity contribution is 5.89. The first-order chi connectivity index (χ1) is 14.7. The lowest BCUT2D eigenvalue weighted by Gasteiger charge is -2.37. The van der Waals surface area contributed by atoms with Gasteiger partial charge in [0.05, 0.1) is 17.4 Å². The number of fused-ring (bicyclic) bond motifs is 1. The monoisotopic (exact) mass is 399 g/mol. The SMILES string of the molecule is Cc1nc(N2CCN(c3cc(=O)[nH]nc3-c3ccccc3)CC2)c2ccncc2n1. The molecule has 1 aliphatic heterocycles. The number of hydrogen-bond acceptors (Lipinski definition) is 7. The molecule has 1 aromatic carbocycles. The molecule has 1 saturated heterocycles. The second-order valence-corrected chi connectivity index (χ2v) is 7.29. The third-order valence-electron chi connectivity index (χ3n) is 5.35. The largest absolute Gasteiger partial charge is 0.366 e. The number of aromatic nitrogens is 5. The van der Waals surface area contributed by atoms with Crippen LogP contribution in [0.15, 0.2) is 59.7 Å². The van der Waals surface area contributed by atoms with E-state index >= 15 is 0 Å². The zero-order valence-corrected chi connectivity index (χ0v) is 16.6. The topological polar surface area (TPSA) is 90.9 Å². The van der Waals surface area contributed by atoms with Crippen LogP contribution in [0.1, 0.15) is 5.82 Å². The summed E-state index contributed by atoms with van der Waals surface area (Å²) in [4.78, 5) is 29.9. The molecule has 0 saturated carbocycles. The Labute approximate surface area is 173 Å². The van der Waals surface area contributed by atoms with Gasteiger partial charge in [-0.25, -0.2) is 15.1 Å². The Kier molecular flexibility index (Phi) is 4.59. The summed E-state index contributed by atoms with van der Waals surface area (Å²) in [6, 6.07) is 13.5. The van der Waals surface area contributed by atoms with Crippen LogP contribution in [0.5, 0.6) is 0 Å². The lowest BCUT2D eigenvalue weighted by molar-refractivity contribution is 0.646. The molecule has 1 aliphatic rings. The maximum absolute atomic E-state index is 12.0. The lowest BCUT2D eigenvalue weighted by Crippen LogP contribution is -2.47. The van der Waals surface area contributed by atoms with Crippen molar-refractivity contribution >= 4 is 22.4 Å². The predicted molar refractivity (Wildman–Crippen MR) is 117 cm³/mol. The summed E-state index contributed by atoms with van der Waals surface area (Å²) in [6.45, 7) is 5.01. The van der Waals surface area contributed by atoms with Gasteiger partial charge in [0.25, 0.3) is 5.56 Å². The Bertz CT molecular complexity index is 1250. The number of H-pyrrole nitrogens is 1. The summed E-state index contributed by atoms with van der Waals surface area (Å²) >= 11 is 0. The summed E-state index contributed by atoms with van der Waals surface area (Å²) in [7, 11) is 0. The molecule has 150 valence electrons. The molecule has 0 unspecified atom stereocenters. The van der Waals surface area contributed by atoms with Gasteiger partial charge in [-0.15, -0.1) is 0 Å². The van der Waals surface area contributed by atoms with Gasteiger partial charge in [0.2, 0.25) is 0 Å². The third-order valence-corrected chi connectivity index (χ3v) is 5.35. The van der Waals surface area contributed by atoms with Crippen molar-refractivity contribution < 1.29 is 0 Å². The van der Waals surface area contributed by atoms with Crippen molar-refractivity contribution in [2.24, 2.45) is 0 Å². The molecule has 0 radical (unpaired) electrons. The Hall–Kier alpha value is -3.81. The van der Waals surface area contributed by atoms with Crippen LogP contribution in [0, 0.1) is 6.92 Å². The molecule has 8 nitrogen and oxygen atoms in total. The van der Waals surface area contributed by atoms with E-state index in [1.54, 1.807) is 18.5 Å². The first-order valence-electron chi connectivity index (χ1n) is 9.92. The van der Waals surface area contributed by atoms with E-state index in [2.05, 4.69) is 30.0 Å². The number of aryl methyl sites for hydroxylation is 1. The van der Waals surface area contributed by atoms with Gasteiger partial charge in [-0.1, -0.05) is 30.3 Å². The van der Waals surface area contributed by atoms with Crippen molar-refractivity contribution in [3.63, 3.8) is 0 Å². The van der Waals surface area contributed by atoms with Crippen LogP contribution in [0.2, 0.25) is 0 Å². The molecule has 0 atom stereocenters. The number of nitrogens with one attached hydrogen (secondary N) is 1. The highest BCUT2D eigenvalue weighted by Gasteiger charge is 2.23. The van der Waals surface area contributed by atoms with Gasteiger partial charge in [0.1, 0.15) is 17.3 Å². The minimum atomic E-state index is -0.197. The van der Waals surface area contributed by atoms with Gasteiger partial charge >= 0.3 is 0 Å². The highest BCUT2D eigenvalue weighted by Crippen LogP contribution is 2.29. The maximum atomic E-state index is 12.0. The number of benzene rings is 1. The van der Waals surface area contributed by atoms with Crippen molar-refractivity contribution in [1.82, 2.24) is 25.1 Å². The Morgan fingerprint density at radius 1 is 0.967 bits per heavy atom. The average Bonchev–Trinajstić information content (AvgIpc) is 2.79. The van der Waals surface area contributed by atoms with E-state index in [4.69, 9.17) is 4.98 Å². The Morgan fingerprint density at radius 3 is 2.53 bits per heavy atom. The van der Waals surface area contributed by atoms with E-state index in [1.807, 2.05) is 43.3 Å². The van der Waals surface area contributed by atoms with Gasteiger partial charge in [-0.3, -0.25) is 9.78 Å². The van der Waals surface area contributed by atoms with Crippen molar-refractivity contribution in [2.75, 3.05) is 36.0 Å². The number of anilines is 2. The van der Waals surface area contributed by atoms with Gasteiger partial charge in [-0.05, 0) is 13.0 Å². The Balaban J connectivity index is 1.44. The number of piperazine rings is 1. The number of nitrogens with zero attached hydrogens (tertiary/aromatic N) is 6. The van der Waals surface area contributed by atoms with Gasteiger partial charge in [-0.2, -0.15) is 5.10 Å². The normalized spacial score (nSPS) is 14.3. The van der Waals surface area contributed by atoms with Gasteiger partial charge in [0, 0.05) is 49.4 Å². The fraction of sp³-hybridized carbons (Fsp3) is 0.227. The number of pyridine rings is 1. The zero-order chi connectivity index (χ0) is 20.5. The standard InChI is InChI=1S/C22H21N7O/c1-15-24-18-14-23-8-7-17(18)22(25-15)29-11-9-28(10-12-29)19-13-20(30)26-27-21(19)16-5-3-2-4-6-16/h2-8,13-14H,9-12H2,1H3,(H,26,30). The van der Waals surface area contributed by atoms with E-state index in [0.717, 1.165) is 65.7 Å². The van der Waals surface area contributed by atoms with Crippen molar-refractivity contribution in [3.05, 3.63) is 71.0 Å². The average molecular weight is 399 g/mol. The molecule has 4 aromatic rings. The molecule has 0 bridgehead atoms. The van der Waals surface area contributed by atoms with Crippen LogP contribution < -0.4 is 15.4 Å². The van der Waals surface area contributed by atoms with Crippen LogP contribution in [0.4, 0.5) is 11.5 Å². The molecule has 0 amide bonds. The molecular formula is C22H21N7O. The maximum Gasteiger partial charge on any atom is 0.266 e. The number of rotatable bonds is 3. The van der Waals surface area contributed by atoms with E-state index < -0.39 is 0 Å². The summed E-state index contributed by atoms with van der Waals surface area (Å²) in [5.41, 5.74) is 3.29. The molecule has 5 rings (SSSR count). The number of hydrogen-bond donors (Lipinski definition) is 1. The molecule has 0 aliphatic carbocycles.